The number of hydrogen-bond acceptors (Lipinski definition) is 8. The highest BCUT2D eigenvalue weighted by Gasteiger charge is 2.22. The number of aromatic nitrogens is 5. The predicted molar refractivity (Wildman–Crippen MR) is 136 cm³/mol. The van der Waals surface area contributed by atoms with Gasteiger partial charge in [-0.2, -0.15) is 0 Å². The van der Waals surface area contributed by atoms with E-state index in [4.69, 9.17) is 20.6 Å². The summed E-state index contributed by atoms with van der Waals surface area (Å²) in [5.74, 6) is 1.08. The number of amidine groups is 1. The maximum absolute atomic E-state index is 12.8. The van der Waals surface area contributed by atoms with Crippen molar-refractivity contribution in [2.45, 2.75) is 12.6 Å². The van der Waals surface area contributed by atoms with Crippen LogP contribution in [0.2, 0.25) is 0 Å². The van der Waals surface area contributed by atoms with Crippen molar-refractivity contribution < 1.29 is 9.47 Å². The van der Waals surface area contributed by atoms with Crippen LogP contribution in [0, 0.1) is 5.41 Å². The number of benzene rings is 2. The van der Waals surface area contributed by atoms with Gasteiger partial charge in [-0.1, -0.05) is 18.7 Å². The molecule has 0 aliphatic rings. The maximum Gasteiger partial charge on any atom is 0.350 e. The summed E-state index contributed by atoms with van der Waals surface area (Å²) >= 11 is 0. The predicted octanol–water partition coefficient (Wildman–Crippen LogP) is 2.55. The van der Waals surface area contributed by atoms with Gasteiger partial charge in [0.15, 0.2) is 5.82 Å². The molecule has 0 fully saturated rings. The summed E-state index contributed by atoms with van der Waals surface area (Å²) in [5.41, 5.74) is 8.08. The number of nitrogens with zero attached hydrogens (tertiary/aromatic N) is 4. The van der Waals surface area contributed by atoms with Crippen molar-refractivity contribution in [2.75, 3.05) is 19.0 Å². The van der Waals surface area contributed by atoms with Crippen LogP contribution in [0.1, 0.15) is 28.6 Å². The molecule has 4 aromatic rings. The summed E-state index contributed by atoms with van der Waals surface area (Å²) in [6.45, 7) is 4.40. The van der Waals surface area contributed by atoms with E-state index in [2.05, 4.69) is 31.9 Å². The number of anilines is 1. The number of ether oxygens (including phenoxy) is 2. The lowest BCUT2D eigenvalue weighted by molar-refractivity contribution is 0.184. The number of H-pyrrole nitrogens is 1. The molecule has 36 heavy (non-hydrogen) atoms. The molecule has 2 aromatic heterocycles. The van der Waals surface area contributed by atoms with Crippen molar-refractivity contribution in [1.29, 1.82) is 5.41 Å². The second-order valence-corrected chi connectivity index (χ2v) is 7.79. The zero-order chi connectivity index (χ0) is 25.5. The van der Waals surface area contributed by atoms with E-state index < -0.39 is 11.7 Å². The Hall–Kier alpha value is -4.77. The van der Waals surface area contributed by atoms with E-state index in [0.29, 0.717) is 30.4 Å². The third-order valence-electron chi connectivity index (χ3n) is 5.16. The molecule has 184 valence electrons. The highest BCUT2D eigenvalue weighted by atomic mass is 16.5. The van der Waals surface area contributed by atoms with Gasteiger partial charge in [0.25, 0.3) is 5.95 Å². The largest absolute Gasteiger partial charge is 0.490 e. The standard InChI is InChI=1S/C25H26N8O3/c1-3-11-36-20-13-16(15-35-2)12-18(14-20)21(30-19-7-5-17(6-8-19)22(26)27)23-31-25(34)33(32-23)24-28-9-4-10-29-24/h3-10,12-14,21,30H,1,11,15H2,2H3,(H3,26,27)(H,31,32,34). The Morgan fingerprint density at radius 2 is 2.00 bits per heavy atom. The van der Waals surface area contributed by atoms with Crippen LogP contribution in [0.4, 0.5) is 5.69 Å². The molecule has 0 saturated heterocycles. The molecule has 1 unspecified atom stereocenters. The summed E-state index contributed by atoms with van der Waals surface area (Å²) < 4.78 is 12.3. The smallest absolute Gasteiger partial charge is 0.350 e. The third-order valence-corrected chi connectivity index (χ3v) is 5.16. The lowest BCUT2D eigenvalue weighted by Crippen LogP contribution is -2.18. The molecule has 11 heteroatoms. The minimum absolute atomic E-state index is 0.0275. The van der Waals surface area contributed by atoms with Gasteiger partial charge in [0.05, 0.1) is 6.61 Å². The Morgan fingerprint density at radius 1 is 1.25 bits per heavy atom. The number of nitrogen functional groups attached to an aromatic ring is 1. The molecule has 1 atom stereocenters. The number of rotatable bonds is 11. The minimum Gasteiger partial charge on any atom is -0.490 e. The summed E-state index contributed by atoms with van der Waals surface area (Å²) in [6.07, 6.45) is 4.73. The lowest BCUT2D eigenvalue weighted by Gasteiger charge is -2.20. The number of nitrogens with two attached hydrogens (primary N) is 1. The van der Waals surface area contributed by atoms with Crippen LogP contribution in [-0.4, -0.2) is 44.3 Å². The van der Waals surface area contributed by atoms with Gasteiger partial charge >= 0.3 is 5.69 Å². The second-order valence-electron chi connectivity index (χ2n) is 7.79. The van der Waals surface area contributed by atoms with E-state index >= 15 is 0 Å². The van der Waals surface area contributed by atoms with Gasteiger partial charge in [-0.05, 0) is 53.6 Å². The molecule has 0 aliphatic heterocycles. The topological polar surface area (TPSA) is 157 Å². The molecule has 0 amide bonds. The van der Waals surface area contributed by atoms with Crippen molar-refractivity contribution in [2.24, 2.45) is 5.73 Å². The second kappa shape index (κ2) is 11.1. The average Bonchev–Trinajstić information content (AvgIpc) is 3.28. The van der Waals surface area contributed by atoms with E-state index in [1.54, 1.807) is 43.5 Å². The molecule has 0 bridgehead atoms. The van der Waals surface area contributed by atoms with Crippen LogP contribution in [-0.2, 0) is 11.3 Å². The lowest BCUT2D eigenvalue weighted by atomic mass is 10.0. The Bertz CT molecular complexity index is 1400. The van der Waals surface area contributed by atoms with Crippen LogP contribution in [0.3, 0.4) is 0 Å². The van der Waals surface area contributed by atoms with E-state index in [-0.39, 0.29) is 11.8 Å². The van der Waals surface area contributed by atoms with Gasteiger partial charge in [0, 0.05) is 30.8 Å². The van der Waals surface area contributed by atoms with Gasteiger partial charge in [-0.15, -0.1) is 9.78 Å². The Morgan fingerprint density at radius 3 is 2.67 bits per heavy atom. The quantitative estimate of drug-likeness (QED) is 0.143. The van der Waals surface area contributed by atoms with Gasteiger partial charge in [0.1, 0.15) is 24.2 Å². The Kier molecular flexibility index (Phi) is 7.51. The van der Waals surface area contributed by atoms with Crippen molar-refractivity contribution in [3.8, 4) is 11.7 Å². The summed E-state index contributed by atoms with van der Waals surface area (Å²) in [6, 6.07) is 13.8. The maximum atomic E-state index is 12.8. The highest BCUT2D eigenvalue weighted by molar-refractivity contribution is 5.95. The van der Waals surface area contributed by atoms with Crippen LogP contribution < -0.4 is 21.5 Å². The normalized spacial score (nSPS) is 11.6. The molecule has 5 N–H and O–H groups in total. The van der Waals surface area contributed by atoms with Crippen LogP contribution >= 0.6 is 0 Å². The molecule has 0 spiro atoms. The summed E-state index contributed by atoms with van der Waals surface area (Å²) in [7, 11) is 1.61. The molecule has 2 aromatic carbocycles. The molecular weight excluding hydrogens is 460 g/mol. The monoisotopic (exact) mass is 486 g/mol. The third kappa shape index (κ3) is 5.65. The molecule has 0 saturated carbocycles. The fraction of sp³-hybridized carbons (Fsp3) is 0.160. The average molecular weight is 487 g/mol. The fourth-order valence-corrected chi connectivity index (χ4v) is 3.57. The number of aromatic amines is 1. The first-order chi connectivity index (χ1) is 17.5. The Balaban J connectivity index is 1.80. The first-order valence-corrected chi connectivity index (χ1v) is 11.0. The highest BCUT2D eigenvalue weighted by Crippen LogP contribution is 2.29. The van der Waals surface area contributed by atoms with Crippen molar-refractivity contribution in [1.82, 2.24) is 24.7 Å². The van der Waals surface area contributed by atoms with E-state index in [1.165, 1.54) is 12.4 Å². The molecule has 0 radical (unpaired) electrons. The van der Waals surface area contributed by atoms with Crippen LogP contribution in [0.25, 0.3) is 5.95 Å². The number of nitrogens with one attached hydrogen (secondary N) is 3. The van der Waals surface area contributed by atoms with Crippen molar-refractivity contribution in [3.05, 3.63) is 107 Å². The zero-order valence-corrected chi connectivity index (χ0v) is 19.6. The first-order valence-electron chi connectivity index (χ1n) is 11.0. The summed E-state index contributed by atoms with van der Waals surface area (Å²) in [5, 5.41) is 15.5. The van der Waals surface area contributed by atoms with Crippen LogP contribution in [0.5, 0.6) is 5.75 Å². The fourth-order valence-electron chi connectivity index (χ4n) is 3.57. The molecule has 2 heterocycles. The zero-order valence-electron chi connectivity index (χ0n) is 19.6. The van der Waals surface area contributed by atoms with Crippen molar-refractivity contribution >= 4 is 11.5 Å². The first kappa shape index (κ1) is 24.4. The molecule has 0 aliphatic carbocycles. The van der Waals surface area contributed by atoms with Crippen LogP contribution in [0.15, 0.2) is 78.4 Å². The SMILES string of the molecule is C=CCOc1cc(COC)cc(C(Nc2ccc(C(=N)N)cc2)c2nn(-c3ncccn3)c(=O)[nH]2)c1. The van der Waals surface area contributed by atoms with E-state index in [1.807, 2.05) is 18.2 Å². The number of hydrogen-bond donors (Lipinski definition) is 4. The summed E-state index contributed by atoms with van der Waals surface area (Å²) in [4.78, 5) is 23.8. The van der Waals surface area contributed by atoms with Gasteiger partial charge in [-0.3, -0.25) is 10.4 Å². The minimum atomic E-state index is -0.589. The van der Waals surface area contributed by atoms with Gasteiger partial charge < -0.3 is 20.5 Å². The molecular formula is C25H26N8O3. The van der Waals surface area contributed by atoms with Crippen molar-refractivity contribution in [3.63, 3.8) is 0 Å². The van der Waals surface area contributed by atoms with E-state index in [0.717, 1.165) is 21.5 Å². The van der Waals surface area contributed by atoms with Gasteiger partial charge in [0.2, 0.25) is 0 Å². The molecule has 11 nitrogen and oxygen atoms in total. The molecule has 4 rings (SSSR count). The number of methoxy groups -OCH3 is 1. The van der Waals surface area contributed by atoms with Gasteiger partial charge in [-0.25, -0.2) is 14.8 Å². The van der Waals surface area contributed by atoms with E-state index in [9.17, 15) is 4.79 Å². The Labute approximate surface area is 207 Å².